The molecule has 1 aliphatic heterocycles. The lowest BCUT2D eigenvalue weighted by molar-refractivity contribution is 0.0275. The number of hydrogen-bond donors (Lipinski definition) is 1. The summed E-state index contributed by atoms with van der Waals surface area (Å²) < 4.78 is 0. The summed E-state index contributed by atoms with van der Waals surface area (Å²) in [6, 6.07) is 11.4. The van der Waals surface area contributed by atoms with E-state index in [4.69, 9.17) is 0 Å². The third-order valence-corrected chi connectivity index (χ3v) is 5.23. The molecule has 0 aromatic heterocycles. The lowest BCUT2D eigenvalue weighted by atomic mass is 9.84. The van der Waals surface area contributed by atoms with Gasteiger partial charge >= 0.3 is 0 Å². The van der Waals surface area contributed by atoms with Crippen LogP contribution in [0.25, 0.3) is 0 Å². The molecule has 0 amide bonds. The van der Waals surface area contributed by atoms with Gasteiger partial charge in [-0.3, -0.25) is 9.80 Å². The second kappa shape index (κ2) is 7.39. The van der Waals surface area contributed by atoms with Crippen molar-refractivity contribution in [3.8, 4) is 0 Å². The molecule has 3 heteroatoms. The van der Waals surface area contributed by atoms with Gasteiger partial charge in [-0.2, -0.15) is 0 Å². The Labute approximate surface area is 128 Å². The van der Waals surface area contributed by atoms with Crippen LogP contribution < -0.4 is 0 Å². The van der Waals surface area contributed by atoms with E-state index in [0.29, 0.717) is 18.6 Å². The molecule has 1 N–H and O–H groups in total. The summed E-state index contributed by atoms with van der Waals surface area (Å²) in [7, 11) is 0. The average Bonchev–Trinajstić information content (AvgIpc) is 2.56. The standard InChI is InChI=1S/C18H28N2O/c21-15-17-8-4-5-9-18(17)20-12-10-19(11-13-20)14-16-6-2-1-3-7-16/h1-3,6-7,17-18,21H,4-5,8-15H2/t17-,18-/m1/s1. The Balaban J connectivity index is 1.50. The van der Waals surface area contributed by atoms with E-state index in [-0.39, 0.29) is 0 Å². The van der Waals surface area contributed by atoms with Crippen LogP contribution in [0.3, 0.4) is 0 Å². The van der Waals surface area contributed by atoms with Gasteiger partial charge in [0.25, 0.3) is 0 Å². The summed E-state index contributed by atoms with van der Waals surface area (Å²) >= 11 is 0. The molecule has 21 heavy (non-hydrogen) atoms. The molecule has 1 heterocycles. The molecule has 0 spiro atoms. The topological polar surface area (TPSA) is 26.7 Å². The molecule has 3 nitrogen and oxygen atoms in total. The third kappa shape index (κ3) is 3.85. The van der Waals surface area contributed by atoms with E-state index in [2.05, 4.69) is 40.1 Å². The molecule has 1 aliphatic carbocycles. The number of benzene rings is 1. The van der Waals surface area contributed by atoms with Gasteiger partial charge in [0.15, 0.2) is 0 Å². The molecule has 1 saturated heterocycles. The summed E-state index contributed by atoms with van der Waals surface area (Å²) in [5, 5.41) is 9.60. The first-order chi connectivity index (χ1) is 10.4. The van der Waals surface area contributed by atoms with Gasteiger partial charge in [0.05, 0.1) is 0 Å². The van der Waals surface area contributed by atoms with Crippen molar-refractivity contribution in [3.63, 3.8) is 0 Å². The summed E-state index contributed by atoms with van der Waals surface area (Å²) in [4.78, 5) is 5.20. The third-order valence-electron chi connectivity index (χ3n) is 5.23. The molecule has 0 radical (unpaired) electrons. The van der Waals surface area contributed by atoms with Crippen LogP contribution in [0.4, 0.5) is 0 Å². The molecule has 2 atom stereocenters. The molecule has 2 fully saturated rings. The summed E-state index contributed by atoms with van der Waals surface area (Å²) in [6.45, 7) is 6.08. The van der Waals surface area contributed by atoms with Crippen molar-refractivity contribution in [1.29, 1.82) is 0 Å². The Morgan fingerprint density at radius 2 is 1.67 bits per heavy atom. The van der Waals surface area contributed by atoms with Gasteiger partial charge in [-0.05, 0) is 24.3 Å². The second-order valence-corrected chi connectivity index (χ2v) is 6.59. The minimum Gasteiger partial charge on any atom is -0.396 e. The zero-order valence-electron chi connectivity index (χ0n) is 13.0. The fourth-order valence-corrected chi connectivity index (χ4v) is 3.98. The quantitative estimate of drug-likeness (QED) is 0.921. The van der Waals surface area contributed by atoms with Crippen LogP contribution >= 0.6 is 0 Å². The Hall–Kier alpha value is -0.900. The molecule has 1 saturated carbocycles. The maximum atomic E-state index is 9.60. The number of nitrogens with zero attached hydrogens (tertiary/aromatic N) is 2. The SMILES string of the molecule is OC[C@H]1CCCC[C@H]1N1CCN(Cc2ccccc2)CC1. The Morgan fingerprint density at radius 3 is 2.38 bits per heavy atom. The highest BCUT2D eigenvalue weighted by molar-refractivity contribution is 5.14. The Kier molecular flexibility index (Phi) is 5.28. The predicted molar refractivity (Wildman–Crippen MR) is 86.1 cm³/mol. The molecule has 1 aromatic carbocycles. The van der Waals surface area contributed by atoms with Crippen LogP contribution in [0, 0.1) is 5.92 Å². The largest absolute Gasteiger partial charge is 0.396 e. The smallest absolute Gasteiger partial charge is 0.0474 e. The van der Waals surface area contributed by atoms with Crippen molar-refractivity contribution in [1.82, 2.24) is 9.80 Å². The van der Waals surface area contributed by atoms with E-state index < -0.39 is 0 Å². The lowest BCUT2D eigenvalue weighted by Gasteiger charge is -2.44. The summed E-state index contributed by atoms with van der Waals surface area (Å²) in [6.07, 6.45) is 5.14. The maximum Gasteiger partial charge on any atom is 0.0474 e. The molecule has 0 bridgehead atoms. The zero-order chi connectivity index (χ0) is 14.5. The molecule has 2 aliphatic rings. The van der Waals surface area contributed by atoms with Crippen LogP contribution in [-0.2, 0) is 6.54 Å². The van der Waals surface area contributed by atoms with Gasteiger partial charge in [-0.25, -0.2) is 0 Å². The minimum atomic E-state index is 0.370. The van der Waals surface area contributed by atoms with Crippen LogP contribution in [0.15, 0.2) is 30.3 Å². The normalized spacial score (nSPS) is 28.6. The molecule has 3 rings (SSSR count). The van der Waals surface area contributed by atoms with Crippen LogP contribution in [0.2, 0.25) is 0 Å². The van der Waals surface area contributed by atoms with E-state index in [1.807, 2.05) is 0 Å². The predicted octanol–water partition coefficient (Wildman–Crippen LogP) is 2.36. The fraction of sp³-hybridized carbons (Fsp3) is 0.667. The molecule has 0 unspecified atom stereocenters. The highest BCUT2D eigenvalue weighted by Crippen LogP contribution is 2.29. The number of rotatable bonds is 4. The van der Waals surface area contributed by atoms with Gasteiger partial charge < -0.3 is 5.11 Å². The highest BCUT2D eigenvalue weighted by Gasteiger charge is 2.31. The van der Waals surface area contributed by atoms with Crippen molar-refractivity contribution in [2.45, 2.75) is 38.3 Å². The number of aliphatic hydroxyl groups is 1. The average molecular weight is 288 g/mol. The summed E-state index contributed by atoms with van der Waals surface area (Å²) in [5.74, 6) is 0.513. The zero-order valence-corrected chi connectivity index (χ0v) is 13.0. The lowest BCUT2D eigenvalue weighted by Crippen LogP contribution is -2.53. The number of piperazine rings is 1. The first-order valence-corrected chi connectivity index (χ1v) is 8.48. The van der Waals surface area contributed by atoms with Crippen LogP contribution in [0.1, 0.15) is 31.2 Å². The second-order valence-electron chi connectivity index (χ2n) is 6.59. The van der Waals surface area contributed by atoms with E-state index in [0.717, 1.165) is 32.7 Å². The van der Waals surface area contributed by atoms with Crippen LogP contribution in [0.5, 0.6) is 0 Å². The Bertz CT molecular complexity index is 414. The van der Waals surface area contributed by atoms with Crippen LogP contribution in [-0.4, -0.2) is 53.7 Å². The summed E-state index contributed by atoms with van der Waals surface area (Å²) in [5.41, 5.74) is 1.41. The molecule has 116 valence electrons. The number of aliphatic hydroxyl groups excluding tert-OH is 1. The first-order valence-electron chi connectivity index (χ1n) is 8.48. The van der Waals surface area contributed by atoms with Crippen molar-refractivity contribution in [2.75, 3.05) is 32.8 Å². The van der Waals surface area contributed by atoms with E-state index in [1.54, 1.807) is 0 Å². The van der Waals surface area contributed by atoms with Gasteiger partial charge in [0.1, 0.15) is 0 Å². The van der Waals surface area contributed by atoms with Crippen molar-refractivity contribution in [2.24, 2.45) is 5.92 Å². The van der Waals surface area contributed by atoms with Crippen molar-refractivity contribution >= 4 is 0 Å². The maximum absolute atomic E-state index is 9.60. The Morgan fingerprint density at radius 1 is 0.952 bits per heavy atom. The van der Waals surface area contributed by atoms with Gasteiger partial charge in [-0.1, -0.05) is 43.2 Å². The van der Waals surface area contributed by atoms with E-state index in [1.165, 1.54) is 31.2 Å². The monoisotopic (exact) mass is 288 g/mol. The first kappa shape index (κ1) is 15.0. The van der Waals surface area contributed by atoms with E-state index >= 15 is 0 Å². The minimum absolute atomic E-state index is 0.370. The van der Waals surface area contributed by atoms with Gasteiger partial charge in [0.2, 0.25) is 0 Å². The van der Waals surface area contributed by atoms with Crippen molar-refractivity contribution in [3.05, 3.63) is 35.9 Å². The van der Waals surface area contributed by atoms with E-state index in [9.17, 15) is 5.11 Å². The fourth-order valence-electron chi connectivity index (χ4n) is 3.98. The number of hydrogen-bond acceptors (Lipinski definition) is 3. The van der Waals surface area contributed by atoms with Crippen molar-refractivity contribution < 1.29 is 5.11 Å². The highest BCUT2D eigenvalue weighted by atomic mass is 16.3. The molecular weight excluding hydrogens is 260 g/mol. The molecular formula is C18H28N2O. The molecule has 1 aromatic rings. The van der Waals surface area contributed by atoms with Gasteiger partial charge in [0, 0.05) is 45.4 Å². The van der Waals surface area contributed by atoms with Gasteiger partial charge in [-0.15, -0.1) is 0 Å².